The van der Waals surface area contributed by atoms with Crippen molar-refractivity contribution in [2.24, 2.45) is 0 Å². The van der Waals surface area contributed by atoms with Crippen LogP contribution in [-0.4, -0.2) is 40.3 Å². The maximum atomic E-state index is 12.3. The van der Waals surface area contributed by atoms with Gasteiger partial charge in [-0.05, 0) is 24.3 Å². The van der Waals surface area contributed by atoms with Gasteiger partial charge in [0.2, 0.25) is 0 Å². The van der Waals surface area contributed by atoms with E-state index >= 15 is 0 Å². The molecular formula is C12H13ClN2O3S. The van der Waals surface area contributed by atoms with Crippen LogP contribution in [0.4, 0.5) is 5.69 Å². The third-order valence-electron chi connectivity index (χ3n) is 3.16. The van der Waals surface area contributed by atoms with Crippen LogP contribution in [0.3, 0.4) is 0 Å². The highest BCUT2D eigenvalue weighted by Crippen LogP contribution is 2.27. The first-order chi connectivity index (χ1) is 9.00. The van der Waals surface area contributed by atoms with Crippen molar-refractivity contribution in [1.29, 1.82) is 0 Å². The van der Waals surface area contributed by atoms with E-state index in [1.807, 2.05) is 11.8 Å². The zero-order valence-electron chi connectivity index (χ0n) is 10.3. The number of halogens is 1. The SMILES string of the molecule is CN(C(=O)c1ccc(Cl)c([N+](=O)[O-])c1)C1CCSC1. The number of carbonyl (C=O) groups excluding carboxylic acids is 1. The van der Waals surface area contributed by atoms with Gasteiger partial charge in [0.1, 0.15) is 5.02 Å². The second-order valence-corrected chi connectivity index (χ2v) is 5.91. The van der Waals surface area contributed by atoms with Crippen LogP contribution in [0.1, 0.15) is 16.8 Å². The van der Waals surface area contributed by atoms with Gasteiger partial charge in [-0.3, -0.25) is 14.9 Å². The van der Waals surface area contributed by atoms with Crippen LogP contribution >= 0.6 is 23.4 Å². The predicted molar refractivity (Wildman–Crippen MR) is 75.9 cm³/mol. The largest absolute Gasteiger partial charge is 0.338 e. The van der Waals surface area contributed by atoms with E-state index in [0.29, 0.717) is 5.56 Å². The lowest BCUT2D eigenvalue weighted by Crippen LogP contribution is -2.36. The van der Waals surface area contributed by atoms with Crippen molar-refractivity contribution >= 4 is 35.0 Å². The molecule has 2 rings (SSSR count). The maximum absolute atomic E-state index is 12.3. The number of benzene rings is 1. The molecule has 7 heteroatoms. The van der Waals surface area contributed by atoms with Crippen molar-refractivity contribution < 1.29 is 9.72 Å². The molecule has 1 saturated heterocycles. The normalized spacial score (nSPS) is 18.3. The van der Waals surface area contributed by atoms with Crippen LogP contribution in [0.15, 0.2) is 18.2 Å². The number of carbonyl (C=O) groups is 1. The number of hydrogen-bond donors (Lipinski definition) is 0. The molecule has 0 spiro atoms. The summed E-state index contributed by atoms with van der Waals surface area (Å²) in [5.74, 6) is 1.76. The van der Waals surface area contributed by atoms with Gasteiger partial charge in [0.25, 0.3) is 11.6 Å². The first-order valence-electron chi connectivity index (χ1n) is 5.79. The molecule has 0 radical (unpaired) electrons. The van der Waals surface area contributed by atoms with Crippen LogP contribution < -0.4 is 0 Å². The van der Waals surface area contributed by atoms with Gasteiger partial charge in [0.15, 0.2) is 0 Å². The Hall–Kier alpha value is -1.27. The number of rotatable bonds is 3. The molecule has 102 valence electrons. The summed E-state index contributed by atoms with van der Waals surface area (Å²) in [7, 11) is 1.74. The molecule has 5 nitrogen and oxygen atoms in total. The molecule has 1 unspecified atom stereocenters. The average Bonchev–Trinajstić information content (AvgIpc) is 2.91. The van der Waals surface area contributed by atoms with Gasteiger partial charge in [-0.2, -0.15) is 11.8 Å². The fourth-order valence-corrected chi connectivity index (χ4v) is 3.44. The van der Waals surface area contributed by atoms with Crippen LogP contribution in [0, 0.1) is 10.1 Å². The monoisotopic (exact) mass is 300 g/mol. The highest BCUT2D eigenvalue weighted by Gasteiger charge is 2.26. The van der Waals surface area contributed by atoms with E-state index in [1.165, 1.54) is 18.2 Å². The molecule has 1 aromatic carbocycles. The number of amides is 1. The van der Waals surface area contributed by atoms with E-state index in [0.717, 1.165) is 17.9 Å². The molecule has 1 atom stereocenters. The summed E-state index contributed by atoms with van der Waals surface area (Å²) < 4.78 is 0. The molecule has 1 fully saturated rings. The molecule has 1 heterocycles. The minimum Gasteiger partial charge on any atom is -0.338 e. The lowest BCUT2D eigenvalue weighted by molar-refractivity contribution is -0.384. The van der Waals surface area contributed by atoms with E-state index < -0.39 is 4.92 Å². The summed E-state index contributed by atoms with van der Waals surface area (Å²) in [6.07, 6.45) is 0.961. The van der Waals surface area contributed by atoms with Crippen molar-refractivity contribution in [1.82, 2.24) is 4.90 Å². The predicted octanol–water partition coefficient (Wildman–Crippen LogP) is 2.83. The summed E-state index contributed by atoms with van der Waals surface area (Å²) in [5, 5.41) is 10.9. The Balaban J connectivity index is 2.23. The fourth-order valence-electron chi connectivity index (χ4n) is 1.98. The molecule has 0 saturated carbocycles. The van der Waals surface area contributed by atoms with Gasteiger partial charge in [-0.1, -0.05) is 11.6 Å². The van der Waals surface area contributed by atoms with E-state index in [1.54, 1.807) is 11.9 Å². The Labute approximate surface area is 120 Å². The summed E-state index contributed by atoms with van der Waals surface area (Å²) in [4.78, 5) is 24.2. The molecule has 0 aliphatic carbocycles. The lowest BCUT2D eigenvalue weighted by Gasteiger charge is -2.23. The quantitative estimate of drug-likeness (QED) is 0.636. The lowest BCUT2D eigenvalue weighted by atomic mass is 10.1. The van der Waals surface area contributed by atoms with Crippen LogP contribution in [0.2, 0.25) is 5.02 Å². The first-order valence-corrected chi connectivity index (χ1v) is 7.33. The second-order valence-electron chi connectivity index (χ2n) is 4.36. The van der Waals surface area contributed by atoms with Crippen molar-refractivity contribution in [2.75, 3.05) is 18.6 Å². The van der Waals surface area contributed by atoms with E-state index in [4.69, 9.17) is 11.6 Å². The number of nitro benzene ring substituents is 1. The van der Waals surface area contributed by atoms with E-state index in [9.17, 15) is 14.9 Å². The Bertz CT molecular complexity index is 518. The smallest absolute Gasteiger partial charge is 0.288 e. The number of nitrogens with zero attached hydrogens (tertiary/aromatic N) is 2. The average molecular weight is 301 g/mol. The minimum atomic E-state index is -0.579. The molecule has 19 heavy (non-hydrogen) atoms. The zero-order chi connectivity index (χ0) is 14.0. The second kappa shape index (κ2) is 5.79. The summed E-state index contributed by atoms with van der Waals surface area (Å²) >= 11 is 7.54. The topological polar surface area (TPSA) is 63.5 Å². The Kier molecular flexibility index (Phi) is 4.31. The molecular weight excluding hydrogens is 288 g/mol. The highest BCUT2D eigenvalue weighted by molar-refractivity contribution is 7.99. The van der Waals surface area contributed by atoms with Gasteiger partial charge < -0.3 is 4.90 Å². The van der Waals surface area contributed by atoms with Gasteiger partial charge in [-0.15, -0.1) is 0 Å². The Morgan fingerprint density at radius 2 is 2.32 bits per heavy atom. The van der Waals surface area contributed by atoms with Crippen LogP contribution in [0.25, 0.3) is 0 Å². The number of thioether (sulfide) groups is 1. The van der Waals surface area contributed by atoms with Crippen molar-refractivity contribution in [3.05, 3.63) is 38.9 Å². The van der Waals surface area contributed by atoms with Gasteiger partial charge in [0.05, 0.1) is 4.92 Å². The van der Waals surface area contributed by atoms with Crippen LogP contribution in [-0.2, 0) is 0 Å². The molecule has 1 amide bonds. The Morgan fingerprint density at radius 1 is 1.58 bits per heavy atom. The van der Waals surface area contributed by atoms with Crippen molar-refractivity contribution in [3.8, 4) is 0 Å². The maximum Gasteiger partial charge on any atom is 0.288 e. The number of hydrogen-bond acceptors (Lipinski definition) is 4. The van der Waals surface area contributed by atoms with Gasteiger partial charge in [-0.25, -0.2) is 0 Å². The third kappa shape index (κ3) is 3.01. The van der Waals surface area contributed by atoms with Gasteiger partial charge in [0, 0.05) is 30.5 Å². The molecule has 1 aromatic rings. The Morgan fingerprint density at radius 3 is 2.89 bits per heavy atom. The molecule has 1 aliphatic heterocycles. The molecule has 0 bridgehead atoms. The molecule has 0 N–H and O–H groups in total. The fraction of sp³-hybridized carbons (Fsp3) is 0.417. The van der Waals surface area contributed by atoms with Crippen molar-refractivity contribution in [2.45, 2.75) is 12.5 Å². The summed E-state index contributed by atoms with van der Waals surface area (Å²) in [6, 6.07) is 4.36. The summed E-state index contributed by atoms with van der Waals surface area (Å²) in [6.45, 7) is 0. The first kappa shape index (κ1) is 14.1. The van der Waals surface area contributed by atoms with Crippen LogP contribution in [0.5, 0.6) is 0 Å². The summed E-state index contributed by atoms with van der Waals surface area (Å²) in [5.41, 5.74) is 0.0669. The van der Waals surface area contributed by atoms with E-state index in [2.05, 4.69) is 0 Å². The molecule has 1 aliphatic rings. The highest BCUT2D eigenvalue weighted by atomic mass is 35.5. The van der Waals surface area contributed by atoms with Crippen molar-refractivity contribution in [3.63, 3.8) is 0 Å². The standard InChI is InChI=1S/C12H13ClN2O3S/c1-14(9-4-5-19-7-9)12(16)8-2-3-10(13)11(6-8)15(17)18/h2-3,6,9H,4-5,7H2,1H3. The zero-order valence-corrected chi connectivity index (χ0v) is 11.9. The minimum absolute atomic E-state index is 0.0422. The molecule has 0 aromatic heterocycles. The number of nitro groups is 1. The van der Waals surface area contributed by atoms with Gasteiger partial charge >= 0.3 is 0 Å². The third-order valence-corrected chi connectivity index (χ3v) is 4.63. The van der Waals surface area contributed by atoms with E-state index in [-0.39, 0.29) is 22.7 Å².